The number of nitrogens with one attached hydrogen (secondary N) is 1. The lowest BCUT2D eigenvalue weighted by atomic mass is 10.2. The smallest absolute Gasteiger partial charge is 0.278 e. The molecule has 1 aromatic carbocycles. The van der Waals surface area contributed by atoms with E-state index >= 15 is 0 Å². The van der Waals surface area contributed by atoms with Crippen LogP contribution in [0.3, 0.4) is 0 Å². The quantitative estimate of drug-likeness (QED) is 0.911. The maximum atomic E-state index is 12.0. The van der Waals surface area contributed by atoms with Crippen LogP contribution in [0.1, 0.15) is 21.8 Å². The Bertz CT molecular complexity index is 608. The summed E-state index contributed by atoms with van der Waals surface area (Å²) in [5, 5.41) is 7.23. The Labute approximate surface area is 114 Å². The lowest BCUT2D eigenvalue weighted by Crippen LogP contribution is -2.13. The molecule has 0 radical (unpaired) electrons. The SMILES string of the molecule is Cc1onc(C(=O)Nc2ccc(Cl)cc2Cl)c1C. The standard InChI is InChI=1S/C12H10Cl2N2O2/c1-6-7(2)18-16-11(6)12(17)15-10-4-3-8(13)5-9(10)14/h3-5H,1-2H3,(H,15,17). The van der Waals surface area contributed by atoms with Crippen LogP contribution in [0.25, 0.3) is 0 Å². The summed E-state index contributed by atoms with van der Waals surface area (Å²) in [6.07, 6.45) is 0. The van der Waals surface area contributed by atoms with Gasteiger partial charge in [-0.2, -0.15) is 0 Å². The summed E-state index contributed by atoms with van der Waals surface area (Å²) in [4.78, 5) is 12.0. The number of nitrogens with zero attached hydrogens (tertiary/aromatic N) is 1. The van der Waals surface area contributed by atoms with Crippen molar-refractivity contribution in [1.82, 2.24) is 5.16 Å². The molecule has 1 amide bonds. The number of carbonyl (C=O) groups excluding carboxylic acids is 1. The number of anilines is 1. The second-order valence-electron chi connectivity index (χ2n) is 3.79. The minimum absolute atomic E-state index is 0.249. The van der Waals surface area contributed by atoms with Gasteiger partial charge in [-0.1, -0.05) is 28.4 Å². The Kier molecular flexibility index (Phi) is 3.59. The van der Waals surface area contributed by atoms with E-state index in [9.17, 15) is 4.79 Å². The minimum Gasteiger partial charge on any atom is -0.361 e. The molecular formula is C12H10Cl2N2O2. The van der Waals surface area contributed by atoms with Crippen LogP contribution >= 0.6 is 23.2 Å². The van der Waals surface area contributed by atoms with Gasteiger partial charge in [0, 0.05) is 10.6 Å². The Morgan fingerprint density at radius 1 is 1.33 bits per heavy atom. The molecule has 0 spiro atoms. The van der Waals surface area contributed by atoms with Gasteiger partial charge in [0.2, 0.25) is 0 Å². The first-order chi connectivity index (χ1) is 8.49. The largest absolute Gasteiger partial charge is 0.361 e. The lowest BCUT2D eigenvalue weighted by molar-refractivity contribution is 0.101. The fourth-order valence-electron chi connectivity index (χ4n) is 1.40. The van der Waals surface area contributed by atoms with E-state index in [1.165, 1.54) is 0 Å². The van der Waals surface area contributed by atoms with Crippen molar-refractivity contribution in [2.45, 2.75) is 13.8 Å². The molecule has 4 nitrogen and oxygen atoms in total. The number of benzene rings is 1. The molecule has 0 saturated carbocycles. The molecule has 1 aromatic heterocycles. The molecule has 0 aliphatic heterocycles. The molecule has 0 saturated heterocycles. The summed E-state index contributed by atoms with van der Waals surface area (Å²) >= 11 is 11.7. The third-order valence-corrected chi connectivity index (χ3v) is 3.10. The maximum Gasteiger partial charge on any atom is 0.278 e. The first-order valence-corrected chi connectivity index (χ1v) is 5.94. The van der Waals surface area contributed by atoms with E-state index < -0.39 is 0 Å². The van der Waals surface area contributed by atoms with Gasteiger partial charge in [-0.15, -0.1) is 0 Å². The zero-order chi connectivity index (χ0) is 13.3. The summed E-state index contributed by atoms with van der Waals surface area (Å²) in [7, 11) is 0. The summed E-state index contributed by atoms with van der Waals surface area (Å²) < 4.78 is 4.94. The van der Waals surface area contributed by atoms with Crippen molar-refractivity contribution in [1.29, 1.82) is 0 Å². The number of amides is 1. The molecule has 2 aromatic rings. The van der Waals surface area contributed by atoms with Crippen LogP contribution in [0.4, 0.5) is 5.69 Å². The van der Waals surface area contributed by atoms with Crippen LogP contribution in [0.5, 0.6) is 0 Å². The minimum atomic E-state index is -0.367. The number of aromatic nitrogens is 1. The number of aryl methyl sites for hydroxylation is 1. The average molecular weight is 285 g/mol. The summed E-state index contributed by atoms with van der Waals surface area (Å²) in [6, 6.07) is 4.83. The summed E-state index contributed by atoms with van der Waals surface area (Å²) in [5.74, 6) is 0.246. The van der Waals surface area contributed by atoms with Crippen LogP contribution < -0.4 is 5.32 Å². The zero-order valence-corrected chi connectivity index (χ0v) is 11.3. The molecule has 0 aliphatic carbocycles. The van der Waals surface area contributed by atoms with Crippen molar-refractivity contribution < 1.29 is 9.32 Å². The summed E-state index contributed by atoms with van der Waals surface area (Å²) in [5.41, 5.74) is 1.43. The highest BCUT2D eigenvalue weighted by molar-refractivity contribution is 6.36. The average Bonchev–Trinajstić information content (AvgIpc) is 2.64. The van der Waals surface area contributed by atoms with Gasteiger partial charge in [-0.25, -0.2) is 0 Å². The Hall–Kier alpha value is -1.52. The third-order valence-electron chi connectivity index (χ3n) is 2.55. The second-order valence-corrected chi connectivity index (χ2v) is 4.63. The number of hydrogen-bond acceptors (Lipinski definition) is 3. The Morgan fingerprint density at radius 3 is 2.61 bits per heavy atom. The lowest BCUT2D eigenvalue weighted by Gasteiger charge is -2.05. The molecule has 0 unspecified atom stereocenters. The molecule has 1 heterocycles. The van der Waals surface area contributed by atoms with Crippen molar-refractivity contribution in [2.75, 3.05) is 5.32 Å². The summed E-state index contributed by atoms with van der Waals surface area (Å²) in [6.45, 7) is 3.51. The predicted octanol–water partition coefficient (Wildman–Crippen LogP) is 3.85. The van der Waals surface area contributed by atoms with Crippen LogP contribution in [0.2, 0.25) is 10.0 Å². The van der Waals surface area contributed by atoms with Crippen molar-refractivity contribution in [3.05, 3.63) is 45.3 Å². The van der Waals surface area contributed by atoms with Gasteiger partial charge in [-0.3, -0.25) is 4.79 Å². The van der Waals surface area contributed by atoms with Crippen molar-refractivity contribution in [3.8, 4) is 0 Å². The van der Waals surface area contributed by atoms with Gasteiger partial charge in [0.25, 0.3) is 5.91 Å². The topological polar surface area (TPSA) is 55.1 Å². The second kappa shape index (κ2) is 5.00. The highest BCUT2D eigenvalue weighted by Crippen LogP contribution is 2.26. The highest BCUT2D eigenvalue weighted by Gasteiger charge is 2.17. The molecule has 2 rings (SSSR count). The Balaban J connectivity index is 2.24. The third kappa shape index (κ3) is 2.49. The van der Waals surface area contributed by atoms with Crippen LogP contribution in [-0.4, -0.2) is 11.1 Å². The number of carbonyl (C=O) groups is 1. The normalized spacial score (nSPS) is 10.4. The van der Waals surface area contributed by atoms with E-state index in [-0.39, 0.29) is 11.6 Å². The van der Waals surface area contributed by atoms with Crippen molar-refractivity contribution in [3.63, 3.8) is 0 Å². The van der Waals surface area contributed by atoms with Gasteiger partial charge >= 0.3 is 0 Å². The first-order valence-electron chi connectivity index (χ1n) is 5.18. The van der Waals surface area contributed by atoms with E-state index in [2.05, 4.69) is 10.5 Å². The number of halogens is 2. The van der Waals surface area contributed by atoms with E-state index in [0.717, 1.165) is 0 Å². The first kappa shape index (κ1) is 12.9. The van der Waals surface area contributed by atoms with Crippen molar-refractivity contribution in [2.24, 2.45) is 0 Å². The molecule has 6 heteroatoms. The number of hydrogen-bond donors (Lipinski definition) is 1. The highest BCUT2D eigenvalue weighted by atomic mass is 35.5. The van der Waals surface area contributed by atoms with Gasteiger partial charge < -0.3 is 9.84 Å². The fourth-order valence-corrected chi connectivity index (χ4v) is 1.86. The van der Waals surface area contributed by atoms with Crippen LogP contribution in [0, 0.1) is 13.8 Å². The predicted molar refractivity (Wildman–Crippen MR) is 70.4 cm³/mol. The Morgan fingerprint density at radius 2 is 2.06 bits per heavy atom. The van der Waals surface area contributed by atoms with E-state index in [0.29, 0.717) is 27.1 Å². The van der Waals surface area contributed by atoms with Gasteiger partial charge in [0.1, 0.15) is 5.76 Å². The maximum absolute atomic E-state index is 12.0. The van der Waals surface area contributed by atoms with E-state index in [1.807, 2.05) is 0 Å². The van der Waals surface area contributed by atoms with Gasteiger partial charge in [0.15, 0.2) is 5.69 Å². The molecule has 0 aliphatic rings. The number of rotatable bonds is 2. The fraction of sp³-hybridized carbons (Fsp3) is 0.167. The van der Waals surface area contributed by atoms with Crippen LogP contribution in [-0.2, 0) is 0 Å². The molecule has 0 bridgehead atoms. The van der Waals surface area contributed by atoms with Gasteiger partial charge in [0.05, 0.1) is 10.7 Å². The van der Waals surface area contributed by atoms with Gasteiger partial charge in [-0.05, 0) is 32.0 Å². The molecule has 94 valence electrons. The molecule has 0 fully saturated rings. The molecular weight excluding hydrogens is 275 g/mol. The monoisotopic (exact) mass is 284 g/mol. The van der Waals surface area contributed by atoms with Crippen molar-refractivity contribution >= 4 is 34.8 Å². The van der Waals surface area contributed by atoms with E-state index in [4.69, 9.17) is 27.7 Å². The molecule has 18 heavy (non-hydrogen) atoms. The molecule has 1 N–H and O–H groups in total. The van der Waals surface area contributed by atoms with Crippen LogP contribution in [0.15, 0.2) is 22.7 Å². The zero-order valence-electron chi connectivity index (χ0n) is 9.75. The molecule has 0 atom stereocenters. The van der Waals surface area contributed by atoms with E-state index in [1.54, 1.807) is 32.0 Å².